The number of thioether (sulfide) groups is 1. The second kappa shape index (κ2) is 6.73. The minimum absolute atomic E-state index is 0.114. The van der Waals surface area contributed by atoms with Gasteiger partial charge in [0.25, 0.3) is 0 Å². The molecule has 118 valence electrons. The maximum absolute atomic E-state index is 12.8. The van der Waals surface area contributed by atoms with E-state index in [1.54, 1.807) is 16.7 Å². The third-order valence-corrected chi connectivity index (χ3v) is 5.41. The van der Waals surface area contributed by atoms with Crippen molar-refractivity contribution in [3.05, 3.63) is 35.4 Å². The number of fused-ring (bicyclic) bond motifs is 1. The normalized spacial score (nSPS) is 20.9. The molecule has 5 heteroatoms. The maximum atomic E-state index is 12.8. The largest absolute Gasteiger partial charge is 0.336 e. The van der Waals surface area contributed by atoms with Gasteiger partial charge in [0.2, 0.25) is 11.8 Å². The first-order valence-corrected chi connectivity index (χ1v) is 9.09. The molecular weight excluding hydrogens is 296 g/mol. The Morgan fingerprint density at radius 3 is 2.82 bits per heavy atom. The van der Waals surface area contributed by atoms with Crippen LogP contribution in [0, 0.1) is 0 Å². The molecule has 0 N–H and O–H groups in total. The highest BCUT2D eigenvalue weighted by atomic mass is 32.2. The van der Waals surface area contributed by atoms with Gasteiger partial charge in [-0.05, 0) is 24.0 Å². The summed E-state index contributed by atoms with van der Waals surface area (Å²) in [6, 6.07) is 8.04. The zero-order valence-corrected chi connectivity index (χ0v) is 13.8. The van der Waals surface area contributed by atoms with Gasteiger partial charge in [-0.1, -0.05) is 31.2 Å². The lowest BCUT2D eigenvalue weighted by Crippen LogP contribution is -2.50. The lowest BCUT2D eigenvalue weighted by Gasteiger charge is -2.33. The molecule has 1 atom stereocenters. The average Bonchev–Trinajstić information content (AvgIpc) is 3.03. The first-order chi connectivity index (χ1) is 10.7. The number of nitrogens with zero attached hydrogens (tertiary/aromatic N) is 2. The predicted molar refractivity (Wildman–Crippen MR) is 88.4 cm³/mol. The van der Waals surface area contributed by atoms with Gasteiger partial charge in [-0.2, -0.15) is 0 Å². The first-order valence-electron chi connectivity index (χ1n) is 7.93. The highest BCUT2D eigenvalue weighted by Crippen LogP contribution is 2.26. The molecule has 22 heavy (non-hydrogen) atoms. The average molecular weight is 318 g/mol. The molecule has 2 aliphatic rings. The molecule has 0 aromatic heterocycles. The van der Waals surface area contributed by atoms with Crippen molar-refractivity contribution in [3.8, 4) is 0 Å². The number of carbonyl (C=O) groups is 2. The van der Waals surface area contributed by atoms with E-state index in [4.69, 9.17) is 0 Å². The molecule has 1 saturated heterocycles. The Kier molecular flexibility index (Phi) is 4.71. The highest BCUT2D eigenvalue weighted by Gasteiger charge is 2.37. The van der Waals surface area contributed by atoms with Gasteiger partial charge in [0.15, 0.2) is 0 Å². The molecule has 1 fully saturated rings. The standard InChI is InChI=1S/C17H22N2O2S/c1-2-5-16(20)19-12-22-11-15(19)17(21)18-9-8-13-6-3-4-7-14(13)10-18/h3-4,6-7,15H,2,5,8-12H2,1H3. The SMILES string of the molecule is CCCC(=O)N1CSCC1C(=O)N1CCc2ccccc2C1. The van der Waals surface area contributed by atoms with E-state index in [0.29, 0.717) is 18.8 Å². The van der Waals surface area contributed by atoms with Crippen LogP contribution in [0.25, 0.3) is 0 Å². The molecule has 3 rings (SSSR count). The zero-order valence-electron chi connectivity index (χ0n) is 13.0. The Hall–Kier alpha value is -1.49. The third kappa shape index (κ3) is 3.00. The van der Waals surface area contributed by atoms with Gasteiger partial charge < -0.3 is 9.80 Å². The van der Waals surface area contributed by atoms with Crippen LogP contribution in [0.5, 0.6) is 0 Å². The van der Waals surface area contributed by atoms with E-state index < -0.39 is 0 Å². The molecule has 1 aromatic rings. The summed E-state index contributed by atoms with van der Waals surface area (Å²) in [7, 11) is 0. The fourth-order valence-electron chi connectivity index (χ4n) is 3.15. The van der Waals surface area contributed by atoms with Crippen molar-refractivity contribution >= 4 is 23.6 Å². The van der Waals surface area contributed by atoms with E-state index in [0.717, 1.165) is 25.1 Å². The van der Waals surface area contributed by atoms with Crippen molar-refractivity contribution in [2.24, 2.45) is 0 Å². The highest BCUT2D eigenvalue weighted by molar-refractivity contribution is 7.99. The molecule has 4 nitrogen and oxygen atoms in total. The third-order valence-electron chi connectivity index (χ3n) is 4.39. The molecule has 2 heterocycles. The summed E-state index contributed by atoms with van der Waals surface area (Å²) in [4.78, 5) is 28.7. The molecular formula is C17H22N2O2S. The van der Waals surface area contributed by atoms with Crippen molar-refractivity contribution in [1.29, 1.82) is 0 Å². The molecule has 1 unspecified atom stereocenters. The van der Waals surface area contributed by atoms with Gasteiger partial charge in [0.1, 0.15) is 6.04 Å². The van der Waals surface area contributed by atoms with Gasteiger partial charge in [-0.15, -0.1) is 11.8 Å². The fraction of sp³-hybridized carbons (Fsp3) is 0.529. The van der Waals surface area contributed by atoms with Crippen LogP contribution >= 0.6 is 11.8 Å². The Bertz CT molecular complexity index is 576. The Morgan fingerprint density at radius 1 is 1.27 bits per heavy atom. The second-order valence-corrected chi connectivity index (χ2v) is 6.91. The van der Waals surface area contributed by atoms with Crippen molar-refractivity contribution in [2.45, 2.75) is 38.8 Å². The summed E-state index contributed by atoms with van der Waals surface area (Å²) >= 11 is 1.68. The van der Waals surface area contributed by atoms with E-state index >= 15 is 0 Å². The summed E-state index contributed by atoms with van der Waals surface area (Å²) in [6.45, 7) is 3.43. The minimum Gasteiger partial charge on any atom is -0.336 e. The molecule has 2 aliphatic heterocycles. The smallest absolute Gasteiger partial charge is 0.246 e. The summed E-state index contributed by atoms with van der Waals surface area (Å²) in [5.41, 5.74) is 2.57. The number of amides is 2. The van der Waals surface area contributed by atoms with Gasteiger partial charge >= 0.3 is 0 Å². The van der Waals surface area contributed by atoms with Crippen LogP contribution in [-0.4, -0.2) is 45.8 Å². The summed E-state index contributed by atoms with van der Waals surface area (Å²) in [6.07, 6.45) is 2.27. The second-order valence-electron chi connectivity index (χ2n) is 5.91. The van der Waals surface area contributed by atoms with Gasteiger partial charge in [0.05, 0.1) is 5.88 Å². The fourth-order valence-corrected chi connectivity index (χ4v) is 4.32. The summed E-state index contributed by atoms with van der Waals surface area (Å²) < 4.78 is 0. The Morgan fingerprint density at radius 2 is 2.05 bits per heavy atom. The van der Waals surface area contributed by atoms with E-state index in [2.05, 4.69) is 18.2 Å². The molecule has 0 bridgehead atoms. The zero-order chi connectivity index (χ0) is 15.5. The molecule has 2 amide bonds. The quantitative estimate of drug-likeness (QED) is 0.858. The summed E-state index contributed by atoms with van der Waals surface area (Å²) in [5, 5.41) is 0. The number of hydrogen-bond donors (Lipinski definition) is 0. The van der Waals surface area contributed by atoms with Gasteiger partial charge in [0, 0.05) is 25.3 Å². The number of rotatable bonds is 3. The van der Waals surface area contributed by atoms with Crippen LogP contribution in [0.1, 0.15) is 30.9 Å². The number of hydrogen-bond acceptors (Lipinski definition) is 3. The van der Waals surface area contributed by atoms with Crippen LogP contribution in [0.15, 0.2) is 24.3 Å². The Labute approximate surface area is 135 Å². The topological polar surface area (TPSA) is 40.6 Å². The molecule has 0 radical (unpaired) electrons. The predicted octanol–water partition coefficient (Wildman–Crippen LogP) is 2.27. The van der Waals surface area contributed by atoms with Crippen molar-refractivity contribution in [2.75, 3.05) is 18.2 Å². The van der Waals surface area contributed by atoms with Crippen molar-refractivity contribution in [1.82, 2.24) is 9.80 Å². The maximum Gasteiger partial charge on any atom is 0.246 e. The van der Waals surface area contributed by atoms with E-state index in [1.165, 1.54) is 11.1 Å². The van der Waals surface area contributed by atoms with Crippen LogP contribution in [-0.2, 0) is 22.6 Å². The lowest BCUT2D eigenvalue weighted by atomic mass is 9.99. The first kappa shape index (κ1) is 15.4. The van der Waals surface area contributed by atoms with Gasteiger partial charge in [-0.25, -0.2) is 0 Å². The van der Waals surface area contributed by atoms with E-state index in [1.807, 2.05) is 17.9 Å². The van der Waals surface area contributed by atoms with Crippen LogP contribution in [0.3, 0.4) is 0 Å². The minimum atomic E-state index is -0.269. The molecule has 0 aliphatic carbocycles. The number of benzene rings is 1. The molecule has 1 aromatic carbocycles. The van der Waals surface area contributed by atoms with Crippen molar-refractivity contribution in [3.63, 3.8) is 0 Å². The van der Waals surface area contributed by atoms with Crippen LogP contribution in [0.2, 0.25) is 0 Å². The number of carbonyl (C=O) groups excluding carboxylic acids is 2. The Balaban J connectivity index is 1.70. The lowest BCUT2D eigenvalue weighted by molar-refractivity contribution is -0.144. The molecule has 0 spiro atoms. The van der Waals surface area contributed by atoms with Crippen LogP contribution < -0.4 is 0 Å². The van der Waals surface area contributed by atoms with Crippen molar-refractivity contribution < 1.29 is 9.59 Å². The van der Waals surface area contributed by atoms with Crippen LogP contribution in [0.4, 0.5) is 0 Å². The van der Waals surface area contributed by atoms with E-state index in [9.17, 15) is 9.59 Å². The molecule has 0 saturated carbocycles. The van der Waals surface area contributed by atoms with Gasteiger partial charge in [-0.3, -0.25) is 9.59 Å². The monoisotopic (exact) mass is 318 g/mol. The summed E-state index contributed by atoms with van der Waals surface area (Å²) in [5.74, 6) is 1.61. The van der Waals surface area contributed by atoms with E-state index in [-0.39, 0.29) is 17.9 Å².